The van der Waals surface area contributed by atoms with Gasteiger partial charge in [0.1, 0.15) is 11.5 Å². The summed E-state index contributed by atoms with van der Waals surface area (Å²) in [4.78, 5) is 13.7. The normalized spacial score (nSPS) is 22.3. The molecule has 2 aromatic rings. The summed E-state index contributed by atoms with van der Waals surface area (Å²) in [5, 5.41) is 16.7. The van der Waals surface area contributed by atoms with Gasteiger partial charge in [0, 0.05) is 44.8 Å². The minimum Gasteiger partial charge on any atom is -0.508 e. The van der Waals surface area contributed by atoms with Gasteiger partial charge in [-0.3, -0.25) is 4.79 Å². The van der Waals surface area contributed by atoms with Crippen molar-refractivity contribution < 1.29 is 14.6 Å². The number of hydrogen-bond donors (Lipinski definition) is 1. The van der Waals surface area contributed by atoms with E-state index in [9.17, 15) is 9.90 Å². The number of aromatic hydroxyl groups is 1. The second-order valence-corrected chi connectivity index (χ2v) is 7.75. The van der Waals surface area contributed by atoms with Gasteiger partial charge in [0.05, 0.1) is 11.8 Å². The quantitative estimate of drug-likeness (QED) is 0.828. The fraction of sp³-hybridized carbons (Fsp3) is 0.364. The predicted octanol–water partition coefficient (Wildman–Crippen LogP) is 3.27. The molecule has 1 atom stereocenters. The van der Waals surface area contributed by atoms with Crippen LogP contribution in [0.3, 0.4) is 0 Å². The van der Waals surface area contributed by atoms with Crippen molar-refractivity contribution >= 4 is 11.6 Å². The summed E-state index contributed by atoms with van der Waals surface area (Å²) in [7, 11) is 0. The Balaban J connectivity index is 1.53. The number of phenolic OH excluding ortho intramolecular Hbond substituents is 1. The first-order valence-corrected chi connectivity index (χ1v) is 9.75. The van der Waals surface area contributed by atoms with Gasteiger partial charge >= 0.3 is 0 Å². The van der Waals surface area contributed by atoms with Crippen LogP contribution in [0.1, 0.15) is 43.4 Å². The van der Waals surface area contributed by atoms with Gasteiger partial charge in [-0.25, -0.2) is 5.01 Å². The zero-order chi connectivity index (χ0) is 19.3. The molecular weight excluding hydrogens is 354 g/mol. The second kappa shape index (κ2) is 6.26. The molecule has 3 heterocycles. The highest BCUT2D eigenvalue weighted by molar-refractivity contribution is 6.02. The number of nitrogens with zero attached hydrogens (tertiary/aromatic N) is 3. The van der Waals surface area contributed by atoms with Gasteiger partial charge in [-0.2, -0.15) is 5.10 Å². The van der Waals surface area contributed by atoms with E-state index in [-0.39, 0.29) is 17.7 Å². The number of hydrazone groups is 1. The lowest BCUT2D eigenvalue weighted by molar-refractivity contribution is -0.158. The van der Waals surface area contributed by atoms with Gasteiger partial charge in [0.15, 0.2) is 0 Å². The maximum atomic E-state index is 11.8. The third-order valence-corrected chi connectivity index (χ3v) is 6.10. The van der Waals surface area contributed by atoms with Crippen LogP contribution in [0.2, 0.25) is 0 Å². The van der Waals surface area contributed by atoms with E-state index in [1.807, 2.05) is 35.2 Å². The second-order valence-electron chi connectivity index (χ2n) is 7.75. The average molecular weight is 377 g/mol. The van der Waals surface area contributed by atoms with E-state index >= 15 is 0 Å². The van der Waals surface area contributed by atoms with Gasteiger partial charge in [-0.15, -0.1) is 0 Å². The smallest absolute Gasteiger partial charge is 0.219 e. The molecule has 0 aromatic heterocycles. The summed E-state index contributed by atoms with van der Waals surface area (Å²) in [6.07, 6.45) is 2.25. The monoisotopic (exact) mass is 377 g/mol. The summed E-state index contributed by atoms with van der Waals surface area (Å²) < 4.78 is 6.55. The number of amides is 1. The van der Waals surface area contributed by atoms with Crippen LogP contribution in [-0.2, 0) is 4.79 Å². The Kier molecular flexibility index (Phi) is 3.82. The molecule has 28 heavy (non-hydrogen) atoms. The highest BCUT2D eigenvalue weighted by Gasteiger charge is 2.51. The van der Waals surface area contributed by atoms with Crippen molar-refractivity contribution in [1.29, 1.82) is 0 Å². The molecule has 0 radical (unpaired) electrons. The molecule has 144 valence electrons. The number of para-hydroxylation sites is 1. The van der Waals surface area contributed by atoms with Crippen LogP contribution in [0.15, 0.2) is 53.6 Å². The van der Waals surface area contributed by atoms with Gasteiger partial charge in [0.25, 0.3) is 0 Å². The first kappa shape index (κ1) is 17.1. The number of likely N-dealkylation sites (tertiary alicyclic amines) is 1. The molecule has 0 aliphatic carbocycles. The molecule has 1 spiro atoms. The van der Waals surface area contributed by atoms with E-state index in [4.69, 9.17) is 9.84 Å². The van der Waals surface area contributed by atoms with Gasteiger partial charge in [-0.1, -0.05) is 18.2 Å². The number of carbonyl (C=O) groups excluding carboxylic acids is 1. The minimum absolute atomic E-state index is 0.109. The molecule has 1 fully saturated rings. The fourth-order valence-electron chi connectivity index (χ4n) is 4.56. The molecule has 5 rings (SSSR count). The molecule has 1 amide bonds. The molecule has 0 saturated carbocycles. The number of carbonyl (C=O) groups is 1. The Morgan fingerprint density at radius 3 is 2.57 bits per heavy atom. The number of benzene rings is 2. The number of fused-ring (bicyclic) bond motifs is 4. The first-order valence-electron chi connectivity index (χ1n) is 9.75. The largest absolute Gasteiger partial charge is 0.508 e. The Morgan fingerprint density at radius 1 is 1.14 bits per heavy atom. The van der Waals surface area contributed by atoms with E-state index in [0.29, 0.717) is 13.1 Å². The zero-order valence-corrected chi connectivity index (χ0v) is 15.8. The van der Waals surface area contributed by atoms with Crippen molar-refractivity contribution in [3.63, 3.8) is 0 Å². The Bertz CT molecular complexity index is 946. The van der Waals surface area contributed by atoms with Crippen LogP contribution in [-0.4, -0.2) is 45.4 Å². The lowest BCUT2D eigenvalue weighted by atomic mass is 9.90. The SMILES string of the molecule is CC(=O)N1CCC2(CC1)Oc1ccccc1C1CC(c3ccc(O)cc3)=NN12. The summed E-state index contributed by atoms with van der Waals surface area (Å²) in [6.45, 7) is 2.96. The van der Waals surface area contributed by atoms with Crippen LogP contribution < -0.4 is 4.74 Å². The standard InChI is InChI=1S/C22H23N3O3/c1-15(26)24-12-10-22(11-13-24)25-20(18-4-2-3-5-21(18)28-22)14-19(23-25)16-6-8-17(27)9-7-16/h2-9,20,27H,10-14H2,1H3. The van der Waals surface area contributed by atoms with Crippen LogP contribution in [0.4, 0.5) is 0 Å². The van der Waals surface area contributed by atoms with Crippen molar-refractivity contribution in [2.75, 3.05) is 13.1 Å². The molecule has 6 nitrogen and oxygen atoms in total. The zero-order valence-electron chi connectivity index (χ0n) is 15.8. The Hall–Kier alpha value is -3.02. The predicted molar refractivity (Wildman–Crippen MR) is 105 cm³/mol. The van der Waals surface area contributed by atoms with Crippen LogP contribution in [0.5, 0.6) is 11.5 Å². The number of rotatable bonds is 1. The molecule has 1 unspecified atom stereocenters. The number of piperidine rings is 1. The summed E-state index contributed by atoms with van der Waals surface area (Å²) in [5.74, 6) is 1.28. The molecule has 0 bridgehead atoms. The Labute approximate surface area is 164 Å². The number of ether oxygens (including phenoxy) is 1. The van der Waals surface area contributed by atoms with E-state index in [2.05, 4.69) is 11.1 Å². The number of hydrogen-bond acceptors (Lipinski definition) is 5. The summed E-state index contributed by atoms with van der Waals surface area (Å²) in [6, 6.07) is 15.5. The lowest BCUT2D eigenvalue weighted by Crippen LogP contribution is -2.59. The van der Waals surface area contributed by atoms with Crippen molar-refractivity contribution in [2.24, 2.45) is 5.10 Å². The molecule has 6 heteroatoms. The number of phenols is 1. The third kappa shape index (κ3) is 2.63. The molecule has 3 aliphatic heterocycles. The lowest BCUT2D eigenvalue weighted by Gasteiger charge is -2.51. The Morgan fingerprint density at radius 2 is 1.86 bits per heavy atom. The molecule has 1 saturated heterocycles. The molecule has 1 N–H and O–H groups in total. The van der Waals surface area contributed by atoms with Crippen molar-refractivity contribution in [1.82, 2.24) is 9.91 Å². The van der Waals surface area contributed by atoms with Crippen LogP contribution in [0, 0.1) is 0 Å². The summed E-state index contributed by atoms with van der Waals surface area (Å²) in [5.41, 5.74) is 2.64. The third-order valence-electron chi connectivity index (χ3n) is 6.10. The first-order chi connectivity index (χ1) is 13.6. The highest BCUT2D eigenvalue weighted by atomic mass is 16.5. The molecule has 2 aromatic carbocycles. The maximum Gasteiger partial charge on any atom is 0.219 e. The van der Waals surface area contributed by atoms with Crippen molar-refractivity contribution in [3.05, 3.63) is 59.7 Å². The summed E-state index contributed by atoms with van der Waals surface area (Å²) >= 11 is 0. The van der Waals surface area contributed by atoms with E-state index < -0.39 is 5.72 Å². The van der Waals surface area contributed by atoms with Gasteiger partial charge in [-0.05, 0) is 35.9 Å². The molecular formula is C22H23N3O3. The van der Waals surface area contributed by atoms with Crippen molar-refractivity contribution in [3.8, 4) is 11.5 Å². The van der Waals surface area contributed by atoms with Crippen LogP contribution >= 0.6 is 0 Å². The fourth-order valence-corrected chi connectivity index (χ4v) is 4.56. The topological polar surface area (TPSA) is 65.4 Å². The van der Waals surface area contributed by atoms with Crippen LogP contribution in [0.25, 0.3) is 0 Å². The van der Waals surface area contributed by atoms with E-state index in [1.165, 1.54) is 0 Å². The van der Waals surface area contributed by atoms with Gasteiger partial charge in [0.2, 0.25) is 11.6 Å². The minimum atomic E-state index is -0.524. The maximum absolute atomic E-state index is 11.8. The van der Waals surface area contributed by atoms with E-state index in [1.54, 1.807) is 19.1 Å². The van der Waals surface area contributed by atoms with Crippen molar-refractivity contribution in [2.45, 2.75) is 38.0 Å². The highest BCUT2D eigenvalue weighted by Crippen LogP contribution is 2.49. The molecule has 3 aliphatic rings. The van der Waals surface area contributed by atoms with E-state index in [0.717, 1.165) is 41.9 Å². The van der Waals surface area contributed by atoms with Gasteiger partial charge < -0.3 is 14.7 Å². The average Bonchev–Trinajstić information content (AvgIpc) is 3.16.